The molecule has 2 aliphatic rings. The first-order chi connectivity index (χ1) is 13.4. The first kappa shape index (κ1) is 16.7. The Morgan fingerprint density at radius 2 is 1.25 bits per heavy atom. The predicted molar refractivity (Wildman–Crippen MR) is 109 cm³/mol. The van der Waals surface area contributed by atoms with E-state index in [1.807, 2.05) is 42.5 Å². The zero-order valence-electron chi connectivity index (χ0n) is 14.4. The molecule has 5 rings (SSSR count). The van der Waals surface area contributed by atoms with Crippen molar-refractivity contribution in [2.24, 2.45) is 0 Å². The second kappa shape index (κ2) is 6.01. The van der Waals surface area contributed by atoms with Gasteiger partial charge in [0.05, 0.1) is 28.3 Å². The molecule has 138 valence electrons. The first-order valence-corrected chi connectivity index (χ1v) is 9.92. The molecule has 2 aliphatic heterocycles. The molecule has 8 heteroatoms. The Morgan fingerprint density at radius 1 is 0.679 bits per heavy atom. The zero-order chi connectivity index (χ0) is 19.3. The fraction of sp³-hybridized carbons (Fsp3) is 0. The molecule has 0 spiro atoms. The summed E-state index contributed by atoms with van der Waals surface area (Å²) in [6.45, 7) is 0. The number of aromatic amines is 2. The minimum Gasteiger partial charge on any atom is -0.355 e. The molecule has 0 fully saturated rings. The summed E-state index contributed by atoms with van der Waals surface area (Å²) >= 11 is 0. The van der Waals surface area contributed by atoms with E-state index in [2.05, 4.69) is 19.9 Å². The van der Waals surface area contributed by atoms with Gasteiger partial charge in [0, 0.05) is 16.6 Å². The highest BCUT2D eigenvalue weighted by atomic mass is 32.2. The summed E-state index contributed by atoms with van der Waals surface area (Å²) < 4.78 is 33.2. The molecule has 0 aromatic carbocycles. The van der Waals surface area contributed by atoms with Crippen LogP contribution in [0.5, 0.6) is 0 Å². The van der Waals surface area contributed by atoms with Crippen LogP contribution in [0.15, 0.2) is 47.4 Å². The van der Waals surface area contributed by atoms with Gasteiger partial charge in [0.1, 0.15) is 4.90 Å². The summed E-state index contributed by atoms with van der Waals surface area (Å²) in [6, 6.07) is 12.3. The number of fused-ring (bicyclic) bond motifs is 8. The number of nitrogens with zero attached hydrogens (tertiary/aromatic N) is 2. The Balaban J connectivity index is 1.90. The minimum absolute atomic E-state index is 0.197. The van der Waals surface area contributed by atoms with Crippen molar-refractivity contribution in [3.63, 3.8) is 0 Å². The van der Waals surface area contributed by atoms with E-state index in [0.29, 0.717) is 16.9 Å². The minimum atomic E-state index is -4.39. The van der Waals surface area contributed by atoms with Crippen LogP contribution < -0.4 is 0 Å². The maximum Gasteiger partial charge on any atom is 0.296 e. The molecule has 0 radical (unpaired) electrons. The van der Waals surface area contributed by atoms with Crippen LogP contribution in [0.1, 0.15) is 22.8 Å². The van der Waals surface area contributed by atoms with E-state index in [-0.39, 0.29) is 10.4 Å². The van der Waals surface area contributed by atoms with Crippen molar-refractivity contribution in [3.05, 3.63) is 65.2 Å². The first-order valence-electron chi connectivity index (χ1n) is 8.48. The van der Waals surface area contributed by atoms with E-state index in [1.54, 1.807) is 18.2 Å². The molecule has 3 aromatic rings. The molecule has 3 aromatic heterocycles. The molecular formula is C20H14N4O3S. The molecule has 7 nitrogen and oxygen atoms in total. The number of hydrogen-bond acceptors (Lipinski definition) is 4. The van der Waals surface area contributed by atoms with Gasteiger partial charge < -0.3 is 9.97 Å². The third kappa shape index (κ3) is 3.15. The number of H-pyrrole nitrogens is 2. The molecular weight excluding hydrogens is 376 g/mol. The average Bonchev–Trinajstić information content (AvgIpc) is 3.38. The fourth-order valence-electron chi connectivity index (χ4n) is 3.21. The Kier molecular flexibility index (Phi) is 3.58. The molecule has 8 bridgehead atoms. The third-order valence-corrected chi connectivity index (χ3v) is 5.30. The molecule has 0 aliphatic carbocycles. The fourth-order valence-corrected chi connectivity index (χ4v) is 3.87. The Hall–Kier alpha value is -3.49. The van der Waals surface area contributed by atoms with Gasteiger partial charge in [0.2, 0.25) is 0 Å². The number of rotatable bonds is 1. The molecule has 0 amide bonds. The van der Waals surface area contributed by atoms with E-state index in [1.165, 1.54) is 6.07 Å². The topological polar surface area (TPSA) is 112 Å². The van der Waals surface area contributed by atoms with Gasteiger partial charge >= 0.3 is 0 Å². The van der Waals surface area contributed by atoms with Crippen LogP contribution in [0.4, 0.5) is 0 Å². The van der Waals surface area contributed by atoms with E-state index >= 15 is 0 Å². The van der Waals surface area contributed by atoms with Crippen molar-refractivity contribution in [3.8, 4) is 0 Å². The normalized spacial score (nSPS) is 13.2. The largest absolute Gasteiger partial charge is 0.355 e. The van der Waals surface area contributed by atoms with Crippen LogP contribution in [0.2, 0.25) is 0 Å². The highest BCUT2D eigenvalue weighted by Crippen LogP contribution is 2.22. The molecule has 0 unspecified atom stereocenters. The second-order valence-corrected chi connectivity index (χ2v) is 7.90. The molecule has 3 N–H and O–H groups in total. The summed E-state index contributed by atoms with van der Waals surface area (Å²) in [4.78, 5) is 15.1. The van der Waals surface area contributed by atoms with Crippen LogP contribution in [0.25, 0.3) is 46.4 Å². The lowest BCUT2D eigenvalue weighted by Crippen LogP contribution is -1.96. The highest BCUT2D eigenvalue weighted by molar-refractivity contribution is 7.86. The zero-order valence-corrected chi connectivity index (χ0v) is 15.2. The van der Waals surface area contributed by atoms with Crippen molar-refractivity contribution in [1.29, 1.82) is 0 Å². The number of nitrogens with one attached hydrogen (secondary N) is 2. The van der Waals surface area contributed by atoms with Crippen molar-refractivity contribution in [2.45, 2.75) is 4.90 Å². The van der Waals surface area contributed by atoms with Crippen molar-refractivity contribution < 1.29 is 13.0 Å². The summed E-state index contributed by atoms with van der Waals surface area (Å²) in [5.41, 5.74) is 5.31. The van der Waals surface area contributed by atoms with E-state index in [0.717, 1.165) is 22.4 Å². The summed E-state index contributed by atoms with van der Waals surface area (Å²) in [5, 5.41) is 0. The van der Waals surface area contributed by atoms with Gasteiger partial charge in [-0.15, -0.1) is 0 Å². The maximum absolute atomic E-state index is 11.8. The van der Waals surface area contributed by atoms with E-state index < -0.39 is 10.1 Å². The molecule has 5 heterocycles. The molecule has 0 saturated carbocycles. The van der Waals surface area contributed by atoms with E-state index in [4.69, 9.17) is 0 Å². The van der Waals surface area contributed by atoms with Gasteiger partial charge in [0.25, 0.3) is 10.1 Å². The monoisotopic (exact) mass is 390 g/mol. The van der Waals surface area contributed by atoms with Crippen LogP contribution in [-0.2, 0) is 10.1 Å². The van der Waals surface area contributed by atoms with Gasteiger partial charge in [-0.1, -0.05) is 0 Å². The van der Waals surface area contributed by atoms with Gasteiger partial charge in [-0.25, -0.2) is 9.97 Å². The Labute approximate surface area is 159 Å². The van der Waals surface area contributed by atoms with Crippen LogP contribution >= 0.6 is 0 Å². The highest BCUT2D eigenvalue weighted by Gasteiger charge is 2.15. The molecule has 0 saturated heterocycles. The summed E-state index contributed by atoms with van der Waals surface area (Å²) in [5.74, 6) is 0. The van der Waals surface area contributed by atoms with Crippen molar-refractivity contribution >= 4 is 56.5 Å². The average molecular weight is 390 g/mol. The van der Waals surface area contributed by atoms with Crippen LogP contribution in [-0.4, -0.2) is 32.9 Å². The Bertz CT molecular complexity index is 1440. The molecule has 0 atom stereocenters. The van der Waals surface area contributed by atoms with Gasteiger partial charge in [0.15, 0.2) is 0 Å². The second-order valence-electron chi connectivity index (χ2n) is 6.51. The van der Waals surface area contributed by atoms with Gasteiger partial charge in [-0.05, 0) is 66.8 Å². The number of hydrogen-bond donors (Lipinski definition) is 3. The lowest BCUT2D eigenvalue weighted by atomic mass is 10.3. The number of aromatic nitrogens is 4. The SMILES string of the molecule is O=S(=O)(O)c1cc2cc3ccc(cc4nc(cc5nc(cc1[nH]2)C=C5)C=C4)[nH]3. The van der Waals surface area contributed by atoms with Gasteiger partial charge in [-0.2, -0.15) is 8.42 Å². The Morgan fingerprint density at radius 3 is 1.89 bits per heavy atom. The van der Waals surface area contributed by atoms with Crippen LogP contribution in [0, 0.1) is 0 Å². The van der Waals surface area contributed by atoms with Crippen molar-refractivity contribution in [1.82, 2.24) is 19.9 Å². The van der Waals surface area contributed by atoms with Crippen LogP contribution in [0.3, 0.4) is 0 Å². The quantitative estimate of drug-likeness (QED) is 0.376. The summed E-state index contributed by atoms with van der Waals surface area (Å²) in [7, 11) is -4.39. The van der Waals surface area contributed by atoms with Gasteiger partial charge in [-0.3, -0.25) is 4.55 Å². The maximum atomic E-state index is 11.8. The third-order valence-electron chi connectivity index (χ3n) is 4.41. The smallest absolute Gasteiger partial charge is 0.296 e. The lowest BCUT2D eigenvalue weighted by Gasteiger charge is -1.91. The van der Waals surface area contributed by atoms with Crippen molar-refractivity contribution in [2.75, 3.05) is 0 Å². The van der Waals surface area contributed by atoms with E-state index in [9.17, 15) is 13.0 Å². The molecule has 28 heavy (non-hydrogen) atoms. The summed E-state index contributed by atoms with van der Waals surface area (Å²) in [6.07, 6.45) is 7.43. The predicted octanol–water partition coefficient (Wildman–Crippen LogP) is 3.90. The lowest BCUT2D eigenvalue weighted by molar-refractivity contribution is 0.484. The standard InChI is InChI=1S/C20H14N4O3S/c25-28(26,27)20-11-18-9-16-4-3-14(22-16)7-12-1-2-13(21-12)8-15-5-6-17(23-15)10-19(20)24-18/h1-11,22,24H,(H,25,26,27).